The summed E-state index contributed by atoms with van der Waals surface area (Å²) in [5.41, 5.74) is 2.14. The van der Waals surface area contributed by atoms with Crippen molar-refractivity contribution in [3.63, 3.8) is 0 Å². The minimum absolute atomic E-state index is 0.0429. The van der Waals surface area contributed by atoms with Gasteiger partial charge in [0.15, 0.2) is 5.78 Å². The van der Waals surface area contributed by atoms with Crippen molar-refractivity contribution in [3.8, 4) is 0 Å². The average Bonchev–Trinajstić information content (AvgIpc) is 3.01. The van der Waals surface area contributed by atoms with Crippen LogP contribution in [-0.2, 0) is 9.59 Å². The summed E-state index contributed by atoms with van der Waals surface area (Å²) in [4.78, 5) is 42.5. The fourth-order valence-corrected chi connectivity index (χ4v) is 4.55. The highest BCUT2D eigenvalue weighted by Gasteiger charge is 2.43. The average molecular weight is 446 g/mol. The second-order valence-corrected chi connectivity index (χ2v) is 8.41. The number of ketones is 1. The van der Waals surface area contributed by atoms with Crippen molar-refractivity contribution in [1.29, 1.82) is 0 Å². The highest BCUT2D eigenvalue weighted by Crippen LogP contribution is 2.31. The number of carbonyl (C=O) groups excluding carboxylic acids is 3. The summed E-state index contributed by atoms with van der Waals surface area (Å²) in [5, 5.41) is 0.761. The van der Waals surface area contributed by atoms with Crippen LogP contribution < -0.4 is 9.80 Å². The quantitative estimate of drug-likeness (QED) is 0.530. The Morgan fingerprint density at radius 3 is 2.07 bits per heavy atom. The fraction of sp³-hybridized carbons (Fsp3) is 0.318. The molecular weight excluding hydrogens is 425 g/mol. The molecule has 30 heavy (non-hydrogen) atoms. The molecule has 2 aromatic carbocycles. The maximum Gasteiger partial charge on any atom is 0.251 e. The normalized spacial score (nSPS) is 20.2. The molecule has 0 radical (unpaired) electrons. The van der Waals surface area contributed by atoms with Crippen LogP contribution in [0.5, 0.6) is 0 Å². The van der Waals surface area contributed by atoms with Crippen LogP contribution in [0.1, 0.15) is 23.7 Å². The van der Waals surface area contributed by atoms with Gasteiger partial charge in [0.2, 0.25) is 5.91 Å². The van der Waals surface area contributed by atoms with Gasteiger partial charge in [0.05, 0.1) is 18.2 Å². The van der Waals surface area contributed by atoms with Gasteiger partial charge in [-0.3, -0.25) is 19.3 Å². The zero-order valence-corrected chi connectivity index (χ0v) is 18.0. The van der Waals surface area contributed by atoms with Crippen LogP contribution in [-0.4, -0.2) is 54.7 Å². The number of nitrogens with zero attached hydrogens (tertiary/aromatic N) is 3. The maximum absolute atomic E-state index is 13.0. The summed E-state index contributed by atoms with van der Waals surface area (Å²) in [6.45, 7) is 4.36. The third kappa shape index (κ3) is 4.08. The summed E-state index contributed by atoms with van der Waals surface area (Å²) in [6, 6.07) is 11.8. The Bertz CT molecular complexity index is 981. The van der Waals surface area contributed by atoms with Gasteiger partial charge >= 0.3 is 0 Å². The Kier molecular flexibility index (Phi) is 5.82. The molecule has 1 unspecified atom stereocenters. The molecular formula is C22H21Cl2N3O3. The van der Waals surface area contributed by atoms with Crippen molar-refractivity contribution in [3.05, 3.63) is 58.1 Å². The number of halogens is 2. The summed E-state index contributed by atoms with van der Waals surface area (Å²) in [7, 11) is 0. The molecule has 1 atom stereocenters. The van der Waals surface area contributed by atoms with Gasteiger partial charge in [0.25, 0.3) is 5.91 Å². The second kappa shape index (κ2) is 8.38. The maximum atomic E-state index is 13.0. The topological polar surface area (TPSA) is 60.9 Å². The molecule has 2 heterocycles. The Morgan fingerprint density at radius 2 is 1.50 bits per heavy atom. The number of imide groups is 1. The van der Waals surface area contributed by atoms with Crippen LogP contribution in [0.25, 0.3) is 0 Å². The first-order chi connectivity index (χ1) is 14.3. The molecule has 2 amide bonds. The lowest BCUT2D eigenvalue weighted by Gasteiger charge is -2.38. The monoisotopic (exact) mass is 445 g/mol. The van der Waals surface area contributed by atoms with E-state index in [1.807, 2.05) is 24.3 Å². The largest absolute Gasteiger partial charge is 0.369 e. The molecule has 2 fully saturated rings. The third-order valence-electron chi connectivity index (χ3n) is 5.62. The first kappa shape index (κ1) is 20.8. The van der Waals surface area contributed by atoms with Gasteiger partial charge in [-0.05, 0) is 49.4 Å². The van der Waals surface area contributed by atoms with Gasteiger partial charge in [-0.25, -0.2) is 4.90 Å². The Balaban J connectivity index is 1.43. The van der Waals surface area contributed by atoms with E-state index < -0.39 is 6.04 Å². The number of benzene rings is 2. The van der Waals surface area contributed by atoms with Crippen molar-refractivity contribution in [2.75, 3.05) is 36.0 Å². The van der Waals surface area contributed by atoms with E-state index in [9.17, 15) is 14.4 Å². The van der Waals surface area contributed by atoms with Gasteiger partial charge in [0, 0.05) is 47.5 Å². The number of hydrogen-bond acceptors (Lipinski definition) is 5. The lowest BCUT2D eigenvalue weighted by atomic mass is 10.1. The molecule has 2 aliphatic rings. The molecule has 4 rings (SSSR count). The highest BCUT2D eigenvalue weighted by molar-refractivity contribution is 6.35. The molecule has 0 aromatic heterocycles. The van der Waals surface area contributed by atoms with E-state index in [-0.39, 0.29) is 24.0 Å². The Morgan fingerprint density at radius 1 is 0.900 bits per heavy atom. The summed E-state index contributed by atoms with van der Waals surface area (Å²) >= 11 is 12.1. The van der Waals surface area contributed by atoms with E-state index >= 15 is 0 Å². The standard InChI is InChI=1S/C22H21Cl2N3O3/c1-14(28)15-2-4-18(5-3-15)25-6-8-26(9-7-25)20-13-21(29)27(22(20)30)19-11-16(23)10-17(24)12-19/h2-5,10-12,20H,6-9,13H2,1H3. The number of Topliss-reactive ketones (excluding diaryl/α,β-unsaturated/α-hetero) is 1. The molecule has 2 aromatic rings. The van der Waals surface area contributed by atoms with Gasteiger partial charge in [0.1, 0.15) is 0 Å². The molecule has 8 heteroatoms. The zero-order valence-electron chi connectivity index (χ0n) is 16.5. The van der Waals surface area contributed by atoms with Crippen LogP contribution in [0, 0.1) is 0 Å². The SMILES string of the molecule is CC(=O)c1ccc(N2CCN(C3CC(=O)N(c4cc(Cl)cc(Cl)c4)C3=O)CC2)cc1. The first-order valence-corrected chi connectivity index (χ1v) is 10.5. The van der Waals surface area contributed by atoms with Gasteiger partial charge in [-0.1, -0.05) is 23.2 Å². The molecule has 0 N–H and O–H groups in total. The van der Waals surface area contributed by atoms with Crippen LogP contribution in [0.2, 0.25) is 10.0 Å². The van der Waals surface area contributed by atoms with Crippen LogP contribution in [0.15, 0.2) is 42.5 Å². The predicted molar refractivity (Wildman–Crippen MR) is 118 cm³/mol. The minimum Gasteiger partial charge on any atom is -0.369 e. The molecule has 0 saturated carbocycles. The smallest absolute Gasteiger partial charge is 0.251 e. The van der Waals surface area contributed by atoms with Crippen molar-refractivity contribution in [2.24, 2.45) is 0 Å². The van der Waals surface area contributed by atoms with E-state index in [1.54, 1.807) is 25.1 Å². The zero-order chi connectivity index (χ0) is 21.4. The molecule has 0 aliphatic carbocycles. The van der Waals surface area contributed by atoms with Crippen LogP contribution in [0.4, 0.5) is 11.4 Å². The van der Waals surface area contributed by atoms with Crippen LogP contribution >= 0.6 is 23.2 Å². The second-order valence-electron chi connectivity index (χ2n) is 7.54. The number of hydrogen-bond donors (Lipinski definition) is 0. The van der Waals surface area contributed by atoms with Crippen molar-refractivity contribution in [1.82, 2.24) is 4.90 Å². The summed E-state index contributed by atoms with van der Waals surface area (Å²) < 4.78 is 0. The summed E-state index contributed by atoms with van der Waals surface area (Å²) in [5.74, 6) is -0.440. The Labute approximate surface area is 184 Å². The number of carbonyl (C=O) groups is 3. The minimum atomic E-state index is -0.475. The molecule has 2 saturated heterocycles. The first-order valence-electron chi connectivity index (χ1n) is 9.76. The van der Waals surface area contributed by atoms with Crippen molar-refractivity contribution in [2.45, 2.75) is 19.4 Å². The number of rotatable bonds is 4. The van der Waals surface area contributed by atoms with E-state index in [2.05, 4.69) is 9.80 Å². The third-order valence-corrected chi connectivity index (χ3v) is 6.06. The van der Waals surface area contributed by atoms with E-state index in [0.717, 1.165) is 18.8 Å². The molecule has 0 bridgehead atoms. The lowest BCUT2D eigenvalue weighted by Crippen LogP contribution is -2.52. The predicted octanol–water partition coefficient (Wildman–Crippen LogP) is 3.65. The number of piperazine rings is 1. The van der Waals surface area contributed by atoms with Crippen molar-refractivity contribution >= 4 is 52.2 Å². The molecule has 0 spiro atoms. The highest BCUT2D eigenvalue weighted by atomic mass is 35.5. The van der Waals surface area contributed by atoms with Gasteiger partial charge in [-0.2, -0.15) is 0 Å². The van der Waals surface area contributed by atoms with E-state index in [0.29, 0.717) is 34.4 Å². The lowest BCUT2D eigenvalue weighted by molar-refractivity contribution is -0.123. The number of anilines is 2. The van der Waals surface area contributed by atoms with Gasteiger partial charge in [-0.15, -0.1) is 0 Å². The number of amides is 2. The van der Waals surface area contributed by atoms with Gasteiger partial charge < -0.3 is 4.90 Å². The molecule has 6 nitrogen and oxygen atoms in total. The van der Waals surface area contributed by atoms with Crippen molar-refractivity contribution < 1.29 is 14.4 Å². The fourth-order valence-electron chi connectivity index (χ4n) is 4.04. The van der Waals surface area contributed by atoms with E-state index in [4.69, 9.17) is 23.2 Å². The Hall–Kier alpha value is -2.41. The summed E-state index contributed by atoms with van der Waals surface area (Å²) in [6.07, 6.45) is 0.149. The molecule has 156 valence electrons. The van der Waals surface area contributed by atoms with E-state index in [1.165, 1.54) is 4.90 Å². The molecule has 2 aliphatic heterocycles. The van der Waals surface area contributed by atoms with Crippen LogP contribution in [0.3, 0.4) is 0 Å².